The van der Waals surface area contributed by atoms with Crippen molar-refractivity contribution in [1.82, 2.24) is 4.90 Å². The number of rotatable bonds is 8. The quantitative estimate of drug-likeness (QED) is 0.757. The molecule has 0 bridgehead atoms. The fourth-order valence-electron chi connectivity index (χ4n) is 2.82. The molecule has 144 valence electrons. The average Bonchev–Trinajstić information content (AvgIpc) is 2.67. The van der Waals surface area contributed by atoms with Gasteiger partial charge in [-0.15, -0.1) is 0 Å². The van der Waals surface area contributed by atoms with Gasteiger partial charge >= 0.3 is 0 Å². The molecule has 2 rings (SSSR count). The minimum Gasteiger partial charge on any atom is -0.481 e. The minimum atomic E-state index is -0.603. The fourth-order valence-corrected chi connectivity index (χ4v) is 2.82. The molecule has 0 saturated heterocycles. The Morgan fingerprint density at radius 1 is 1.04 bits per heavy atom. The van der Waals surface area contributed by atoms with E-state index in [-0.39, 0.29) is 11.8 Å². The highest BCUT2D eigenvalue weighted by Gasteiger charge is 2.19. The first-order chi connectivity index (χ1) is 13.0. The summed E-state index contributed by atoms with van der Waals surface area (Å²) < 4.78 is 5.84. The van der Waals surface area contributed by atoms with E-state index in [1.54, 1.807) is 29.2 Å². The summed E-state index contributed by atoms with van der Waals surface area (Å²) in [5.74, 6) is 0.396. The molecule has 1 unspecified atom stereocenters. The third kappa shape index (κ3) is 5.58. The van der Waals surface area contributed by atoms with Crippen LogP contribution in [0.25, 0.3) is 0 Å². The van der Waals surface area contributed by atoms with Crippen molar-refractivity contribution in [1.29, 1.82) is 0 Å². The second kappa shape index (κ2) is 9.76. The topological polar surface area (TPSA) is 58.6 Å². The summed E-state index contributed by atoms with van der Waals surface area (Å²) in [6, 6.07) is 14.6. The lowest BCUT2D eigenvalue weighted by atomic mass is 10.1. The summed E-state index contributed by atoms with van der Waals surface area (Å²) in [6.07, 6.45) is -0.0633. The van der Waals surface area contributed by atoms with Gasteiger partial charge in [0.05, 0.1) is 0 Å². The number of benzene rings is 2. The van der Waals surface area contributed by atoms with E-state index in [0.717, 1.165) is 5.56 Å². The zero-order valence-electron chi connectivity index (χ0n) is 16.5. The fraction of sp³-hybridized carbons (Fsp3) is 0.364. The molecular weight excluding hydrogens is 340 g/mol. The van der Waals surface area contributed by atoms with Crippen LogP contribution in [0.4, 0.5) is 5.69 Å². The van der Waals surface area contributed by atoms with Gasteiger partial charge in [-0.05, 0) is 63.1 Å². The lowest BCUT2D eigenvalue weighted by molar-refractivity contribution is -0.122. The molecular formula is C22H28N2O3. The van der Waals surface area contributed by atoms with Gasteiger partial charge in [0.15, 0.2) is 6.10 Å². The van der Waals surface area contributed by atoms with Crippen LogP contribution in [-0.4, -0.2) is 35.9 Å². The summed E-state index contributed by atoms with van der Waals surface area (Å²) in [5, 5.41) is 2.86. The summed E-state index contributed by atoms with van der Waals surface area (Å²) in [7, 11) is 0. The maximum Gasteiger partial charge on any atom is 0.265 e. The molecule has 2 amide bonds. The molecule has 0 fully saturated rings. The van der Waals surface area contributed by atoms with E-state index in [9.17, 15) is 9.59 Å². The molecule has 0 spiro atoms. The number of hydrogen-bond donors (Lipinski definition) is 1. The number of aryl methyl sites for hydroxylation is 1. The van der Waals surface area contributed by atoms with Gasteiger partial charge in [0, 0.05) is 24.3 Å². The van der Waals surface area contributed by atoms with Gasteiger partial charge in [0.2, 0.25) is 0 Å². The molecule has 1 N–H and O–H groups in total. The number of hydrogen-bond acceptors (Lipinski definition) is 3. The minimum absolute atomic E-state index is 0.0425. The van der Waals surface area contributed by atoms with Gasteiger partial charge < -0.3 is 15.0 Å². The van der Waals surface area contributed by atoms with E-state index in [1.165, 1.54) is 0 Å². The Morgan fingerprint density at radius 3 is 2.37 bits per heavy atom. The highest BCUT2D eigenvalue weighted by atomic mass is 16.5. The van der Waals surface area contributed by atoms with Crippen LogP contribution in [0.1, 0.15) is 43.1 Å². The third-order valence-corrected chi connectivity index (χ3v) is 4.36. The van der Waals surface area contributed by atoms with Crippen molar-refractivity contribution in [3.63, 3.8) is 0 Å². The summed E-state index contributed by atoms with van der Waals surface area (Å²) >= 11 is 0. The monoisotopic (exact) mass is 368 g/mol. The van der Waals surface area contributed by atoms with Crippen molar-refractivity contribution in [3.05, 3.63) is 59.7 Å². The molecule has 0 heterocycles. The van der Waals surface area contributed by atoms with Crippen LogP contribution in [0.15, 0.2) is 48.5 Å². The molecule has 0 aliphatic rings. The number of amides is 2. The number of ether oxygens (including phenoxy) is 1. The zero-order valence-corrected chi connectivity index (χ0v) is 16.5. The van der Waals surface area contributed by atoms with Crippen LogP contribution < -0.4 is 10.1 Å². The first-order valence-electron chi connectivity index (χ1n) is 9.42. The Morgan fingerprint density at radius 2 is 1.74 bits per heavy atom. The van der Waals surface area contributed by atoms with E-state index >= 15 is 0 Å². The number of anilines is 1. The summed E-state index contributed by atoms with van der Waals surface area (Å²) in [5.41, 5.74) is 2.22. The maximum absolute atomic E-state index is 12.6. The van der Waals surface area contributed by atoms with Crippen LogP contribution in [0.5, 0.6) is 5.75 Å². The number of carbonyl (C=O) groups is 2. The summed E-state index contributed by atoms with van der Waals surface area (Å²) in [4.78, 5) is 26.9. The zero-order chi connectivity index (χ0) is 19.8. The average molecular weight is 368 g/mol. The van der Waals surface area contributed by atoms with E-state index < -0.39 is 6.10 Å². The van der Waals surface area contributed by atoms with Crippen LogP contribution in [0, 0.1) is 6.92 Å². The first kappa shape index (κ1) is 20.5. The third-order valence-electron chi connectivity index (χ3n) is 4.36. The van der Waals surface area contributed by atoms with Gasteiger partial charge in [0.25, 0.3) is 11.8 Å². The smallest absolute Gasteiger partial charge is 0.265 e. The van der Waals surface area contributed by atoms with Gasteiger partial charge in [-0.3, -0.25) is 9.59 Å². The standard InChI is InChI=1S/C22H28N2O3/c1-5-20(27-19-13-8-10-16(4)14-19)21(25)23-18-12-9-11-17(15-18)22(26)24(6-2)7-3/h8-15,20H,5-7H2,1-4H3,(H,23,25). The molecule has 5 nitrogen and oxygen atoms in total. The van der Waals surface area contributed by atoms with Gasteiger partial charge in [0.1, 0.15) is 5.75 Å². The molecule has 5 heteroatoms. The molecule has 0 aromatic heterocycles. The highest BCUT2D eigenvalue weighted by molar-refractivity contribution is 5.98. The predicted molar refractivity (Wildman–Crippen MR) is 108 cm³/mol. The molecule has 0 saturated carbocycles. The molecule has 0 radical (unpaired) electrons. The molecule has 0 aliphatic heterocycles. The van der Waals surface area contributed by atoms with Crippen molar-refractivity contribution in [2.24, 2.45) is 0 Å². The van der Waals surface area contributed by atoms with Crippen LogP contribution in [0.3, 0.4) is 0 Å². The maximum atomic E-state index is 12.6. The number of nitrogens with zero attached hydrogens (tertiary/aromatic N) is 1. The van der Waals surface area contributed by atoms with Gasteiger partial charge in [-0.1, -0.05) is 25.1 Å². The first-order valence-corrected chi connectivity index (χ1v) is 9.42. The van der Waals surface area contributed by atoms with E-state index in [0.29, 0.717) is 36.5 Å². The predicted octanol–water partition coefficient (Wildman–Crippen LogP) is 4.27. The van der Waals surface area contributed by atoms with Gasteiger partial charge in [-0.25, -0.2) is 0 Å². The van der Waals surface area contributed by atoms with Crippen molar-refractivity contribution < 1.29 is 14.3 Å². The Kier molecular flexibility index (Phi) is 7.41. The van der Waals surface area contributed by atoms with Crippen LogP contribution in [-0.2, 0) is 4.79 Å². The number of carbonyl (C=O) groups excluding carboxylic acids is 2. The Hall–Kier alpha value is -2.82. The highest BCUT2D eigenvalue weighted by Crippen LogP contribution is 2.18. The normalized spacial score (nSPS) is 11.6. The lowest BCUT2D eigenvalue weighted by Gasteiger charge is -2.20. The number of nitrogens with one attached hydrogen (secondary N) is 1. The van der Waals surface area contributed by atoms with Crippen molar-refractivity contribution in [3.8, 4) is 5.75 Å². The van der Waals surface area contributed by atoms with E-state index in [4.69, 9.17) is 4.74 Å². The van der Waals surface area contributed by atoms with Crippen molar-refractivity contribution in [2.45, 2.75) is 40.2 Å². The Labute approximate surface area is 161 Å². The molecule has 0 aliphatic carbocycles. The summed E-state index contributed by atoms with van der Waals surface area (Å²) in [6.45, 7) is 9.07. The Balaban J connectivity index is 2.09. The lowest BCUT2D eigenvalue weighted by Crippen LogP contribution is -2.33. The van der Waals surface area contributed by atoms with Crippen molar-refractivity contribution >= 4 is 17.5 Å². The van der Waals surface area contributed by atoms with Gasteiger partial charge in [-0.2, -0.15) is 0 Å². The Bertz CT molecular complexity index is 785. The second-order valence-corrected chi connectivity index (χ2v) is 6.38. The molecule has 27 heavy (non-hydrogen) atoms. The SMILES string of the molecule is CCC(Oc1cccc(C)c1)C(=O)Nc1cccc(C(=O)N(CC)CC)c1. The molecule has 2 aromatic carbocycles. The van der Waals surface area contributed by atoms with Crippen molar-refractivity contribution in [2.75, 3.05) is 18.4 Å². The van der Waals surface area contributed by atoms with Crippen LogP contribution in [0.2, 0.25) is 0 Å². The van der Waals surface area contributed by atoms with E-state index in [2.05, 4.69) is 5.32 Å². The van der Waals surface area contributed by atoms with E-state index in [1.807, 2.05) is 52.0 Å². The van der Waals surface area contributed by atoms with Crippen LogP contribution >= 0.6 is 0 Å². The second-order valence-electron chi connectivity index (χ2n) is 6.38. The largest absolute Gasteiger partial charge is 0.481 e. The molecule has 1 atom stereocenters. The molecule has 2 aromatic rings.